The van der Waals surface area contributed by atoms with Crippen LogP contribution in [0.4, 0.5) is 0 Å². The van der Waals surface area contributed by atoms with Crippen molar-refractivity contribution >= 4 is 21.8 Å². The van der Waals surface area contributed by atoms with E-state index in [1.54, 1.807) is 0 Å². The van der Waals surface area contributed by atoms with Crippen molar-refractivity contribution < 1.29 is 0 Å². The summed E-state index contributed by atoms with van der Waals surface area (Å²) in [5.74, 6) is 0. The Labute approximate surface area is 106 Å². The number of hydrogen-bond donors (Lipinski definition) is 0. The molecule has 18 heavy (non-hydrogen) atoms. The maximum absolute atomic E-state index is 4.69. The topological polar surface area (TPSA) is 30.7 Å². The Bertz CT molecular complexity index is 670. The normalized spacial score (nSPS) is 11.4. The molecule has 2 aromatic heterocycles. The molecule has 3 nitrogen and oxygen atoms in total. The third kappa shape index (κ3) is 1.96. The number of aryl methyl sites for hydroxylation is 1. The Balaban J connectivity index is 2.03. The van der Waals surface area contributed by atoms with Crippen LogP contribution in [-0.2, 0) is 6.54 Å². The second-order valence-corrected chi connectivity index (χ2v) is 4.68. The van der Waals surface area contributed by atoms with Gasteiger partial charge in [0.05, 0.1) is 5.52 Å². The number of pyridine rings is 1. The smallest absolute Gasteiger partial charge is 0.103 e. The first-order chi connectivity index (χ1) is 8.88. The van der Waals surface area contributed by atoms with E-state index in [0.717, 1.165) is 28.4 Å². The predicted octanol–water partition coefficient (Wildman–Crippen LogP) is 3.77. The van der Waals surface area contributed by atoms with Crippen LogP contribution in [0.15, 0.2) is 36.7 Å². The van der Waals surface area contributed by atoms with Crippen molar-refractivity contribution in [2.24, 2.45) is 0 Å². The van der Waals surface area contributed by atoms with Gasteiger partial charge in [-0.15, -0.1) is 0 Å². The van der Waals surface area contributed by atoms with Gasteiger partial charge in [-0.2, -0.15) is 5.10 Å². The van der Waals surface area contributed by atoms with E-state index in [-0.39, 0.29) is 0 Å². The molecule has 0 unspecified atom stereocenters. The quantitative estimate of drug-likeness (QED) is 0.649. The largest absolute Gasteiger partial charge is 0.271 e. The third-order valence-corrected chi connectivity index (χ3v) is 3.28. The fraction of sp³-hybridized carbons (Fsp3) is 0.333. The Hall–Kier alpha value is -1.90. The SMILES string of the molecule is CCCCCn1cc2cnc3ccccc3c2n1. The zero-order valence-electron chi connectivity index (χ0n) is 10.6. The number of para-hydroxylation sites is 1. The summed E-state index contributed by atoms with van der Waals surface area (Å²) in [5, 5.41) is 6.96. The van der Waals surface area contributed by atoms with Crippen LogP contribution in [0.3, 0.4) is 0 Å². The first kappa shape index (κ1) is 11.2. The van der Waals surface area contributed by atoms with Gasteiger partial charge in [0.2, 0.25) is 0 Å². The first-order valence-corrected chi connectivity index (χ1v) is 6.59. The lowest BCUT2D eigenvalue weighted by Gasteiger charge is -1.98. The molecule has 2 heterocycles. The molecule has 0 aliphatic rings. The first-order valence-electron chi connectivity index (χ1n) is 6.59. The zero-order valence-corrected chi connectivity index (χ0v) is 10.6. The average molecular weight is 239 g/mol. The van der Waals surface area contributed by atoms with E-state index in [1.165, 1.54) is 19.3 Å². The van der Waals surface area contributed by atoms with E-state index in [4.69, 9.17) is 0 Å². The van der Waals surface area contributed by atoms with Gasteiger partial charge in [-0.05, 0) is 12.5 Å². The molecule has 0 spiro atoms. The summed E-state index contributed by atoms with van der Waals surface area (Å²) < 4.78 is 2.05. The molecule has 0 bridgehead atoms. The summed E-state index contributed by atoms with van der Waals surface area (Å²) in [4.78, 5) is 4.47. The molecule has 3 rings (SSSR count). The zero-order chi connectivity index (χ0) is 12.4. The highest BCUT2D eigenvalue weighted by molar-refractivity contribution is 6.02. The van der Waals surface area contributed by atoms with Gasteiger partial charge in [0.25, 0.3) is 0 Å². The van der Waals surface area contributed by atoms with Crippen LogP contribution in [0.5, 0.6) is 0 Å². The molecule has 0 saturated heterocycles. The van der Waals surface area contributed by atoms with Crippen LogP contribution in [0.1, 0.15) is 26.2 Å². The van der Waals surface area contributed by atoms with Gasteiger partial charge in [0, 0.05) is 29.7 Å². The van der Waals surface area contributed by atoms with Crippen LogP contribution in [0.25, 0.3) is 21.8 Å². The Morgan fingerprint density at radius 2 is 2.06 bits per heavy atom. The lowest BCUT2D eigenvalue weighted by Crippen LogP contribution is -1.97. The fourth-order valence-electron chi connectivity index (χ4n) is 2.30. The molecule has 0 fully saturated rings. The van der Waals surface area contributed by atoms with Crippen LogP contribution >= 0.6 is 0 Å². The highest BCUT2D eigenvalue weighted by Gasteiger charge is 2.05. The van der Waals surface area contributed by atoms with Crippen molar-refractivity contribution in [3.63, 3.8) is 0 Å². The second-order valence-electron chi connectivity index (χ2n) is 4.68. The van der Waals surface area contributed by atoms with Crippen molar-refractivity contribution in [3.8, 4) is 0 Å². The van der Waals surface area contributed by atoms with Gasteiger partial charge in [0.15, 0.2) is 0 Å². The maximum atomic E-state index is 4.69. The van der Waals surface area contributed by atoms with Crippen LogP contribution < -0.4 is 0 Å². The summed E-state index contributed by atoms with van der Waals surface area (Å²) in [6.45, 7) is 3.22. The average Bonchev–Trinajstić information content (AvgIpc) is 2.82. The molecule has 3 heteroatoms. The van der Waals surface area contributed by atoms with E-state index in [1.807, 2.05) is 24.4 Å². The van der Waals surface area contributed by atoms with E-state index in [9.17, 15) is 0 Å². The molecule has 92 valence electrons. The summed E-state index contributed by atoms with van der Waals surface area (Å²) in [6, 6.07) is 8.18. The number of hydrogen-bond acceptors (Lipinski definition) is 2. The minimum atomic E-state index is 0.997. The molecule has 1 aromatic carbocycles. The van der Waals surface area contributed by atoms with Crippen molar-refractivity contribution in [1.82, 2.24) is 14.8 Å². The van der Waals surface area contributed by atoms with Crippen LogP contribution in [-0.4, -0.2) is 14.8 Å². The highest BCUT2D eigenvalue weighted by Crippen LogP contribution is 2.21. The van der Waals surface area contributed by atoms with Crippen molar-refractivity contribution in [2.75, 3.05) is 0 Å². The van der Waals surface area contributed by atoms with E-state index < -0.39 is 0 Å². The maximum Gasteiger partial charge on any atom is 0.103 e. The number of benzene rings is 1. The lowest BCUT2D eigenvalue weighted by molar-refractivity contribution is 0.557. The van der Waals surface area contributed by atoms with Gasteiger partial charge >= 0.3 is 0 Å². The van der Waals surface area contributed by atoms with E-state index in [2.05, 4.69) is 34.0 Å². The molecule has 0 aliphatic carbocycles. The second kappa shape index (κ2) is 4.77. The number of fused-ring (bicyclic) bond motifs is 3. The minimum Gasteiger partial charge on any atom is -0.271 e. The standard InChI is InChI=1S/C15H17N3/c1-2-3-6-9-18-11-12-10-16-14-8-5-4-7-13(14)15(12)17-18/h4-5,7-8,10-11H,2-3,6,9H2,1H3. The Kier molecular flexibility index (Phi) is 2.97. The van der Waals surface area contributed by atoms with Gasteiger partial charge in [-0.25, -0.2) is 0 Å². The number of nitrogens with zero attached hydrogens (tertiary/aromatic N) is 3. The molecule has 0 atom stereocenters. The molecule has 3 aromatic rings. The number of unbranched alkanes of at least 4 members (excludes halogenated alkanes) is 2. The number of aromatic nitrogens is 3. The predicted molar refractivity (Wildman–Crippen MR) is 74.6 cm³/mol. The monoisotopic (exact) mass is 239 g/mol. The molecular weight excluding hydrogens is 222 g/mol. The summed E-state index contributed by atoms with van der Waals surface area (Å²) in [7, 11) is 0. The number of rotatable bonds is 4. The highest BCUT2D eigenvalue weighted by atomic mass is 15.3. The van der Waals surface area contributed by atoms with Gasteiger partial charge in [-0.1, -0.05) is 38.0 Å². The molecule has 0 N–H and O–H groups in total. The van der Waals surface area contributed by atoms with Crippen molar-refractivity contribution in [2.45, 2.75) is 32.7 Å². The minimum absolute atomic E-state index is 0.997. The lowest BCUT2D eigenvalue weighted by atomic mass is 10.2. The Morgan fingerprint density at radius 1 is 1.17 bits per heavy atom. The summed E-state index contributed by atoms with van der Waals surface area (Å²) >= 11 is 0. The Morgan fingerprint density at radius 3 is 2.94 bits per heavy atom. The van der Waals surface area contributed by atoms with E-state index >= 15 is 0 Å². The van der Waals surface area contributed by atoms with Gasteiger partial charge in [-0.3, -0.25) is 9.67 Å². The van der Waals surface area contributed by atoms with Gasteiger partial charge in [0.1, 0.15) is 5.52 Å². The fourth-order valence-corrected chi connectivity index (χ4v) is 2.30. The summed E-state index contributed by atoms with van der Waals surface area (Å²) in [6.07, 6.45) is 7.71. The molecule has 0 saturated carbocycles. The molecule has 0 aliphatic heterocycles. The molecular formula is C15H17N3. The van der Waals surface area contributed by atoms with Crippen LogP contribution in [0, 0.1) is 0 Å². The van der Waals surface area contributed by atoms with Crippen LogP contribution in [0.2, 0.25) is 0 Å². The molecule has 0 amide bonds. The van der Waals surface area contributed by atoms with E-state index in [0.29, 0.717) is 0 Å². The van der Waals surface area contributed by atoms with Crippen molar-refractivity contribution in [1.29, 1.82) is 0 Å². The summed E-state index contributed by atoms with van der Waals surface area (Å²) in [5.41, 5.74) is 2.08. The third-order valence-electron chi connectivity index (χ3n) is 3.28. The van der Waals surface area contributed by atoms with Crippen molar-refractivity contribution in [3.05, 3.63) is 36.7 Å². The van der Waals surface area contributed by atoms with Gasteiger partial charge < -0.3 is 0 Å². The molecule has 0 radical (unpaired) electrons.